The highest BCUT2D eigenvalue weighted by molar-refractivity contribution is 6.32. The number of carbonyl (C=O) groups excluding carboxylic acids is 4. The molecule has 2 saturated heterocycles. The number of likely N-dealkylation sites (tertiary alicyclic amines) is 1. The summed E-state index contributed by atoms with van der Waals surface area (Å²) in [4.78, 5) is 53.9. The Morgan fingerprint density at radius 3 is 2.49 bits per heavy atom. The second kappa shape index (κ2) is 9.38. The lowest BCUT2D eigenvalue weighted by atomic mass is 10.1. The number of fused-ring (bicyclic) bond motifs is 1. The fourth-order valence-electron chi connectivity index (χ4n) is 4.52. The number of para-hydroxylation sites is 1. The van der Waals surface area contributed by atoms with Crippen LogP contribution in [0.3, 0.4) is 0 Å². The predicted octanol–water partition coefficient (Wildman–Crippen LogP) is 3.58. The highest BCUT2D eigenvalue weighted by atomic mass is 35.5. The number of urea groups is 1. The van der Waals surface area contributed by atoms with Gasteiger partial charge in [0.2, 0.25) is 5.91 Å². The minimum absolute atomic E-state index is 0.0328. The van der Waals surface area contributed by atoms with Crippen LogP contribution in [0.25, 0.3) is 17.0 Å². The first-order valence-corrected chi connectivity index (χ1v) is 11.8. The van der Waals surface area contributed by atoms with Gasteiger partial charge in [0, 0.05) is 40.8 Å². The van der Waals surface area contributed by atoms with Crippen LogP contribution in [0.15, 0.2) is 60.3 Å². The number of benzene rings is 2. The Morgan fingerprint density at radius 1 is 1.00 bits per heavy atom. The van der Waals surface area contributed by atoms with Gasteiger partial charge in [-0.15, -0.1) is 0 Å². The Hall–Kier alpha value is -3.91. The standard InChI is InChI=1S/C26H23ClN4O4/c27-21-9-3-1-7-17(21)15-31-25(34)20(24(33)28-26(31)35)13-18-14-30(22-10-4-2-8-19(18)22)16-23(32)29-11-5-6-12-29/h1-4,7-10,13-14H,5-6,11-12,15-16H2,(H,28,33,35)/b20-13+. The summed E-state index contributed by atoms with van der Waals surface area (Å²) in [5.41, 5.74) is 1.86. The third-order valence-electron chi connectivity index (χ3n) is 6.36. The molecule has 2 fully saturated rings. The van der Waals surface area contributed by atoms with Gasteiger partial charge >= 0.3 is 6.03 Å². The van der Waals surface area contributed by atoms with Gasteiger partial charge < -0.3 is 9.47 Å². The van der Waals surface area contributed by atoms with E-state index in [0.29, 0.717) is 16.1 Å². The van der Waals surface area contributed by atoms with Crippen molar-refractivity contribution in [2.75, 3.05) is 13.1 Å². The van der Waals surface area contributed by atoms with Crippen LogP contribution in [-0.4, -0.2) is 51.2 Å². The van der Waals surface area contributed by atoms with Crippen molar-refractivity contribution in [2.24, 2.45) is 0 Å². The molecule has 0 aliphatic carbocycles. The van der Waals surface area contributed by atoms with Gasteiger partial charge in [0.25, 0.3) is 11.8 Å². The van der Waals surface area contributed by atoms with Crippen molar-refractivity contribution in [3.63, 3.8) is 0 Å². The largest absolute Gasteiger partial charge is 0.341 e. The Labute approximate surface area is 206 Å². The van der Waals surface area contributed by atoms with E-state index in [0.717, 1.165) is 41.7 Å². The number of hydrogen-bond acceptors (Lipinski definition) is 4. The molecule has 0 unspecified atom stereocenters. The second-order valence-electron chi connectivity index (χ2n) is 8.62. The van der Waals surface area contributed by atoms with Gasteiger partial charge in [0.05, 0.1) is 6.54 Å². The molecule has 0 saturated carbocycles. The van der Waals surface area contributed by atoms with Gasteiger partial charge in [0.15, 0.2) is 0 Å². The van der Waals surface area contributed by atoms with E-state index < -0.39 is 17.8 Å². The van der Waals surface area contributed by atoms with Crippen molar-refractivity contribution in [1.29, 1.82) is 0 Å². The summed E-state index contributed by atoms with van der Waals surface area (Å²) in [6, 6.07) is 13.6. The number of imide groups is 2. The Morgan fingerprint density at radius 2 is 1.71 bits per heavy atom. The maximum atomic E-state index is 13.2. The maximum absolute atomic E-state index is 13.2. The average molecular weight is 491 g/mol. The van der Waals surface area contributed by atoms with Crippen LogP contribution in [0.1, 0.15) is 24.0 Å². The number of rotatable bonds is 5. The van der Waals surface area contributed by atoms with Crippen molar-refractivity contribution < 1.29 is 19.2 Å². The van der Waals surface area contributed by atoms with Crippen molar-refractivity contribution >= 4 is 52.3 Å². The summed E-state index contributed by atoms with van der Waals surface area (Å²) in [5, 5.41) is 3.46. The number of nitrogens with one attached hydrogen (secondary N) is 1. The summed E-state index contributed by atoms with van der Waals surface area (Å²) >= 11 is 6.21. The molecule has 0 spiro atoms. The van der Waals surface area contributed by atoms with Crippen molar-refractivity contribution in [2.45, 2.75) is 25.9 Å². The van der Waals surface area contributed by atoms with E-state index in [9.17, 15) is 19.2 Å². The number of halogens is 1. The van der Waals surface area contributed by atoms with Gasteiger partial charge in [-0.3, -0.25) is 24.6 Å². The molecule has 2 aliphatic rings. The quantitative estimate of drug-likeness (QED) is 0.437. The zero-order valence-electron chi connectivity index (χ0n) is 18.9. The Balaban J connectivity index is 1.48. The summed E-state index contributed by atoms with van der Waals surface area (Å²) < 4.78 is 1.83. The van der Waals surface area contributed by atoms with E-state index in [1.165, 1.54) is 6.08 Å². The van der Waals surface area contributed by atoms with E-state index in [-0.39, 0.29) is 24.6 Å². The minimum atomic E-state index is -0.796. The van der Waals surface area contributed by atoms with Crippen LogP contribution in [0.2, 0.25) is 5.02 Å². The molecule has 0 radical (unpaired) electrons. The van der Waals surface area contributed by atoms with Gasteiger partial charge in [0.1, 0.15) is 12.1 Å². The van der Waals surface area contributed by atoms with Crippen LogP contribution < -0.4 is 5.32 Å². The molecule has 0 bridgehead atoms. The maximum Gasteiger partial charge on any atom is 0.331 e. The molecule has 8 nitrogen and oxygen atoms in total. The van der Waals surface area contributed by atoms with Gasteiger partial charge in [-0.2, -0.15) is 0 Å². The smallest absolute Gasteiger partial charge is 0.331 e. The normalized spacial score (nSPS) is 17.5. The lowest BCUT2D eigenvalue weighted by molar-refractivity contribution is -0.131. The van der Waals surface area contributed by atoms with Crippen LogP contribution in [0.4, 0.5) is 4.79 Å². The molecular formula is C26H23ClN4O4. The third kappa shape index (κ3) is 4.44. The van der Waals surface area contributed by atoms with Crippen molar-refractivity contribution in [3.05, 3.63) is 76.5 Å². The fourth-order valence-corrected chi connectivity index (χ4v) is 4.72. The minimum Gasteiger partial charge on any atom is -0.341 e. The predicted molar refractivity (Wildman–Crippen MR) is 131 cm³/mol. The molecule has 1 N–H and O–H groups in total. The molecule has 9 heteroatoms. The number of hydrogen-bond donors (Lipinski definition) is 1. The van der Waals surface area contributed by atoms with E-state index in [1.807, 2.05) is 33.7 Å². The summed E-state index contributed by atoms with van der Waals surface area (Å²) in [6.45, 7) is 1.62. The highest BCUT2D eigenvalue weighted by Gasteiger charge is 2.36. The SMILES string of the molecule is O=C1NC(=O)N(Cc2ccccc2Cl)C(=O)/C1=C/c1cn(CC(=O)N2CCCC2)c2ccccc12. The van der Waals surface area contributed by atoms with Gasteiger partial charge in [-0.1, -0.05) is 48.0 Å². The summed E-state index contributed by atoms with van der Waals surface area (Å²) in [7, 11) is 0. The fraction of sp³-hybridized carbons (Fsp3) is 0.231. The lowest BCUT2D eigenvalue weighted by Gasteiger charge is -2.26. The molecule has 5 amide bonds. The van der Waals surface area contributed by atoms with Crippen molar-refractivity contribution in [3.8, 4) is 0 Å². The molecule has 35 heavy (non-hydrogen) atoms. The highest BCUT2D eigenvalue weighted by Crippen LogP contribution is 2.26. The molecule has 2 aliphatic heterocycles. The topological polar surface area (TPSA) is 91.7 Å². The molecule has 1 aromatic heterocycles. The number of carbonyl (C=O) groups is 4. The number of barbiturate groups is 1. The van der Waals surface area contributed by atoms with E-state index in [4.69, 9.17) is 11.6 Å². The zero-order valence-corrected chi connectivity index (χ0v) is 19.6. The monoisotopic (exact) mass is 490 g/mol. The first kappa shape index (κ1) is 22.9. The summed E-state index contributed by atoms with van der Waals surface area (Å²) in [5.74, 6) is -1.44. The first-order chi connectivity index (χ1) is 16.9. The van der Waals surface area contributed by atoms with Gasteiger partial charge in [-0.05, 0) is 36.6 Å². The number of amides is 5. The molecule has 3 aromatic rings. The van der Waals surface area contributed by atoms with E-state index in [1.54, 1.807) is 30.5 Å². The Bertz CT molecular complexity index is 1390. The van der Waals surface area contributed by atoms with Crippen LogP contribution in [0, 0.1) is 0 Å². The number of aromatic nitrogens is 1. The van der Waals surface area contributed by atoms with E-state index in [2.05, 4.69) is 5.32 Å². The van der Waals surface area contributed by atoms with Gasteiger partial charge in [-0.25, -0.2) is 4.79 Å². The molecule has 2 aromatic carbocycles. The Kier molecular flexibility index (Phi) is 6.13. The first-order valence-electron chi connectivity index (χ1n) is 11.4. The van der Waals surface area contributed by atoms with Crippen LogP contribution >= 0.6 is 11.6 Å². The van der Waals surface area contributed by atoms with E-state index >= 15 is 0 Å². The molecule has 0 atom stereocenters. The molecule has 3 heterocycles. The number of nitrogens with zero attached hydrogens (tertiary/aromatic N) is 3. The zero-order chi connectivity index (χ0) is 24.5. The molecule has 5 rings (SSSR count). The van der Waals surface area contributed by atoms with Crippen molar-refractivity contribution in [1.82, 2.24) is 19.7 Å². The van der Waals surface area contributed by atoms with Crippen LogP contribution in [-0.2, 0) is 27.5 Å². The lowest BCUT2D eigenvalue weighted by Crippen LogP contribution is -2.53. The average Bonchev–Trinajstić information content (AvgIpc) is 3.50. The third-order valence-corrected chi connectivity index (χ3v) is 6.72. The second-order valence-corrected chi connectivity index (χ2v) is 9.02. The van der Waals surface area contributed by atoms with Crippen LogP contribution in [0.5, 0.6) is 0 Å². The summed E-state index contributed by atoms with van der Waals surface area (Å²) in [6.07, 6.45) is 5.26. The molecule has 178 valence electrons. The molecular weight excluding hydrogens is 468 g/mol.